The topological polar surface area (TPSA) is 79.8 Å². The Labute approximate surface area is 225 Å². The normalized spacial score (nSPS) is 12.0. The zero-order chi connectivity index (χ0) is 27.1. The van der Waals surface area contributed by atoms with Gasteiger partial charge in [0.1, 0.15) is 24.2 Å². The summed E-state index contributed by atoms with van der Waals surface area (Å²) in [6, 6.07) is 23.3. The third-order valence-corrected chi connectivity index (χ3v) is 6.20. The second-order valence-electron chi connectivity index (χ2n) is 9.05. The fourth-order valence-electron chi connectivity index (χ4n) is 3.87. The van der Waals surface area contributed by atoms with E-state index in [0.717, 1.165) is 16.3 Å². The quantitative estimate of drug-likeness (QED) is 0.202. The van der Waals surface area contributed by atoms with Gasteiger partial charge >= 0.3 is 0 Å². The number of nitrogens with zero attached hydrogens (tertiary/aromatic N) is 1. The van der Waals surface area contributed by atoms with E-state index in [9.17, 15) is 14.0 Å². The summed E-state index contributed by atoms with van der Waals surface area (Å²) < 4.78 is 19.3. The Morgan fingerprint density at radius 3 is 2.39 bits per heavy atom. The van der Waals surface area contributed by atoms with Gasteiger partial charge in [0, 0.05) is 16.1 Å². The molecule has 0 aliphatic carbocycles. The molecule has 0 bridgehead atoms. The van der Waals surface area contributed by atoms with Crippen molar-refractivity contribution in [2.45, 2.75) is 26.5 Å². The molecule has 0 heterocycles. The minimum Gasteiger partial charge on any atom is -0.488 e. The third-order valence-electron chi connectivity index (χ3n) is 5.95. The van der Waals surface area contributed by atoms with Crippen LogP contribution in [0.3, 0.4) is 0 Å². The highest BCUT2D eigenvalue weighted by Crippen LogP contribution is 2.27. The van der Waals surface area contributed by atoms with E-state index in [0.29, 0.717) is 22.9 Å². The zero-order valence-electron chi connectivity index (χ0n) is 20.9. The first kappa shape index (κ1) is 26.8. The van der Waals surface area contributed by atoms with Gasteiger partial charge in [-0.2, -0.15) is 5.10 Å². The van der Waals surface area contributed by atoms with Crippen molar-refractivity contribution in [1.82, 2.24) is 10.7 Å². The first-order valence-corrected chi connectivity index (χ1v) is 12.5. The summed E-state index contributed by atoms with van der Waals surface area (Å²) in [6.07, 6.45) is 1.54. The van der Waals surface area contributed by atoms with Crippen LogP contribution in [0.1, 0.15) is 35.3 Å². The van der Waals surface area contributed by atoms with Gasteiger partial charge in [-0.25, -0.2) is 9.82 Å². The number of hydrogen-bond donors (Lipinski definition) is 2. The monoisotopic (exact) mass is 531 g/mol. The molecule has 6 nitrogen and oxygen atoms in total. The van der Waals surface area contributed by atoms with Gasteiger partial charge in [-0.3, -0.25) is 9.59 Å². The second kappa shape index (κ2) is 12.3. The number of amides is 2. The van der Waals surface area contributed by atoms with E-state index in [1.165, 1.54) is 30.5 Å². The SMILES string of the molecule is CC(C)C(NC(=O)c1ccc(F)cc1)C(=O)NN=Cc1c(OCc2ccc(Cl)cc2)ccc2ccccc12. The Morgan fingerprint density at radius 1 is 0.974 bits per heavy atom. The number of nitrogens with one attached hydrogen (secondary N) is 2. The summed E-state index contributed by atoms with van der Waals surface area (Å²) >= 11 is 5.98. The highest BCUT2D eigenvalue weighted by Gasteiger charge is 2.24. The summed E-state index contributed by atoms with van der Waals surface area (Å²) in [7, 11) is 0. The maximum atomic E-state index is 13.2. The molecule has 4 rings (SSSR count). The van der Waals surface area contributed by atoms with Crippen LogP contribution in [0.15, 0.2) is 90.0 Å². The number of hydrogen-bond acceptors (Lipinski definition) is 4. The van der Waals surface area contributed by atoms with E-state index < -0.39 is 23.7 Å². The first-order valence-electron chi connectivity index (χ1n) is 12.1. The van der Waals surface area contributed by atoms with Crippen molar-refractivity contribution in [3.8, 4) is 5.75 Å². The predicted octanol–water partition coefficient (Wildman–Crippen LogP) is 6.12. The lowest BCUT2D eigenvalue weighted by Gasteiger charge is -2.20. The average Bonchev–Trinajstić information content (AvgIpc) is 2.92. The molecule has 0 aliphatic heterocycles. The van der Waals surface area contributed by atoms with Gasteiger partial charge in [-0.05, 0) is 64.7 Å². The summed E-state index contributed by atoms with van der Waals surface area (Å²) in [4.78, 5) is 25.5. The average molecular weight is 532 g/mol. The Bertz CT molecular complexity index is 1450. The lowest BCUT2D eigenvalue weighted by molar-refractivity contribution is -0.123. The summed E-state index contributed by atoms with van der Waals surface area (Å²) in [6.45, 7) is 3.95. The van der Waals surface area contributed by atoms with Crippen LogP contribution >= 0.6 is 11.6 Å². The molecule has 4 aromatic rings. The minimum absolute atomic E-state index is 0.217. The van der Waals surface area contributed by atoms with E-state index in [2.05, 4.69) is 15.8 Å². The number of fused-ring (bicyclic) bond motifs is 1. The fourth-order valence-corrected chi connectivity index (χ4v) is 3.99. The molecule has 1 unspecified atom stereocenters. The van der Waals surface area contributed by atoms with Crippen LogP contribution < -0.4 is 15.5 Å². The number of carbonyl (C=O) groups excluding carboxylic acids is 2. The number of carbonyl (C=O) groups is 2. The Kier molecular flexibility index (Phi) is 8.71. The standard InChI is InChI=1S/C30H27ClFN3O3/c1-19(2)28(34-29(36)22-9-14-24(32)15-10-22)30(37)35-33-17-26-25-6-4-3-5-21(25)11-16-27(26)38-18-20-7-12-23(31)13-8-20/h3-17,19,28H,18H2,1-2H3,(H,34,36)(H,35,37). The molecule has 0 spiro atoms. The summed E-state index contributed by atoms with van der Waals surface area (Å²) in [5, 5.41) is 9.44. The van der Waals surface area contributed by atoms with E-state index >= 15 is 0 Å². The number of hydrazone groups is 1. The molecular formula is C30H27ClFN3O3. The summed E-state index contributed by atoms with van der Waals surface area (Å²) in [5.41, 5.74) is 4.45. The van der Waals surface area contributed by atoms with Gasteiger partial charge in [-0.15, -0.1) is 0 Å². The van der Waals surface area contributed by atoms with Gasteiger partial charge in [0.25, 0.3) is 11.8 Å². The number of rotatable bonds is 9. The molecule has 194 valence electrons. The van der Waals surface area contributed by atoms with Crippen molar-refractivity contribution in [3.05, 3.63) is 112 Å². The van der Waals surface area contributed by atoms with Crippen molar-refractivity contribution in [2.75, 3.05) is 0 Å². The molecule has 0 fully saturated rings. The van der Waals surface area contributed by atoms with Crippen molar-refractivity contribution in [1.29, 1.82) is 0 Å². The van der Waals surface area contributed by atoms with Crippen LogP contribution in [0, 0.1) is 11.7 Å². The van der Waals surface area contributed by atoms with Gasteiger partial charge in [0.15, 0.2) is 0 Å². The highest BCUT2D eigenvalue weighted by atomic mass is 35.5. The largest absolute Gasteiger partial charge is 0.488 e. The Hall–Kier alpha value is -4.23. The number of benzene rings is 4. The molecule has 8 heteroatoms. The van der Waals surface area contributed by atoms with Crippen LogP contribution in [-0.4, -0.2) is 24.1 Å². The van der Waals surface area contributed by atoms with E-state index in [1.807, 2.05) is 62.4 Å². The lowest BCUT2D eigenvalue weighted by Crippen LogP contribution is -2.48. The molecule has 0 radical (unpaired) electrons. The molecule has 2 amide bonds. The van der Waals surface area contributed by atoms with E-state index in [1.54, 1.807) is 12.1 Å². The number of ether oxygens (including phenoxy) is 1. The van der Waals surface area contributed by atoms with Gasteiger partial charge in [0.2, 0.25) is 0 Å². The highest BCUT2D eigenvalue weighted by molar-refractivity contribution is 6.30. The molecule has 0 aromatic heterocycles. The lowest BCUT2D eigenvalue weighted by atomic mass is 10.0. The van der Waals surface area contributed by atoms with Crippen LogP contribution in [0.5, 0.6) is 5.75 Å². The molecule has 38 heavy (non-hydrogen) atoms. The van der Waals surface area contributed by atoms with Gasteiger partial charge < -0.3 is 10.1 Å². The minimum atomic E-state index is -0.849. The predicted molar refractivity (Wildman–Crippen MR) is 148 cm³/mol. The van der Waals surface area contributed by atoms with Crippen molar-refractivity contribution in [3.63, 3.8) is 0 Å². The van der Waals surface area contributed by atoms with Crippen LogP contribution in [-0.2, 0) is 11.4 Å². The molecule has 0 saturated heterocycles. The molecular weight excluding hydrogens is 505 g/mol. The van der Waals surface area contributed by atoms with Gasteiger partial charge in [0.05, 0.1) is 6.21 Å². The van der Waals surface area contributed by atoms with Crippen molar-refractivity contribution < 1.29 is 18.7 Å². The Balaban J connectivity index is 1.51. The van der Waals surface area contributed by atoms with Crippen LogP contribution in [0.25, 0.3) is 10.8 Å². The smallest absolute Gasteiger partial charge is 0.262 e. The molecule has 0 saturated carbocycles. The van der Waals surface area contributed by atoms with Crippen molar-refractivity contribution >= 4 is 40.4 Å². The van der Waals surface area contributed by atoms with Crippen molar-refractivity contribution in [2.24, 2.45) is 11.0 Å². The molecule has 0 aliphatic rings. The fraction of sp³-hybridized carbons (Fsp3) is 0.167. The summed E-state index contributed by atoms with van der Waals surface area (Å²) in [5.74, 6) is -1.02. The maximum Gasteiger partial charge on any atom is 0.262 e. The van der Waals surface area contributed by atoms with Crippen LogP contribution in [0.2, 0.25) is 5.02 Å². The zero-order valence-corrected chi connectivity index (χ0v) is 21.7. The Morgan fingerprint density at radius 2 is 1.68 bits per heavy atom. The maximum absolute atomic E-state index is 13.2. The molecule has 2 N–H and O–H groups in total. The second-order valence-corrected chi connectivity index (χ2v) is 9.49. The van der Waals surface area contributed by atoms with E-state index in [4.69, 9.17) is 16.3 Å². The van der Waals surface area contributed by atoms with Gasteiger partial charge in [-0.1, -0.05) is 67.9 Å². The number of halogens is 2. The molecule has 1 atom stereocenters. The van der Waals surface area contributed by atoms with Crippen LogP contribution in [0.4, 0.5) is 4.39 Å². The third kappa shape index (κ3) is 6.75. The first-order chi connectivity index (χ1) is 18.3. The van der Waals surface area contributed by atoms with E-state index in [-0.39, 0.29) is 11.5 Å². The molecule has 4 aromatic carbocycles.